The standard InChI is InChI=1S/C21H23ClN4O3S.C2H4O2/c1-24-10-12-25(13-11-24)8-3-9-26-20(28)14-4-2-5-15(18(14)21(26)29)23-19(27)16-6-7-17(22)30-16;1-2(3)4/h2,4-7H,3,8-13H2,1H3,(H,23,27);1H3,(H,3,4). The Morgan fingerprint density at radius 1 is 1.06 bits per heavy atom. The van der Waals surface area contributed by atoms with Gasteiger partial charge in [0, 0.05) is 39.6 Å². The number of aliphatic carboxylic acids is 1. The number of nitrogens with zero attached hydrogens (tertiary/aromatic N) is 3. The number of carbonyl (C=O) groups is 4. The van der Waals surface area contributed by atoms with Gasteiger partial charge < -0.3 is 20.2 Å². The van der Waals surface area contributed by atoms with Crippen molar-refractivity contribution in [3.8, 4) is 0 Å². The van der Waals surface area contributed by atoms with Gasteiger partial charge in [0.25, 0.3) is 23.7 Å². The number of anilines is 1. The molecule has 3 heterocycles. The van der Waals surface area contributed by atoms with Crippen LogP contribution in [0.4, 0.5) is 5.69 Å². The fourth-order valence-electron chi connectivity index (χ4n) is 3.78. The molecule has 0 spiro atoms. The molecule has 2 aliphatic heterocycles. The van der Waals surface area contributed by atoms with Crippen molar-refractivity contribution < 1.29 is 24.3 Å². The molecule has 9 nitrogen and oxygen atoms in total. The number of imide groups is 1. The molecule has 34 heavy (non-hydrogen) atoms. The van der Waals surface area contributed by atoms with Crippen LogP contribution in [0.1, 0.15) is 43.7 Å². The van der Waals surface area contributed by atoms with E-state index in [-0.39, 0.29) is 23.3 Å². The third-order valence-electron chi connectivity index (χ3n) is 5.50. The first-order valence-electron chi connectivity index (χ1n) is 10.8. The van der Waals surface area contributed by atoms with E-state index in [0.29, 0.717) is 27.0 Å². The predicted molar refractivity (Wildman–Crippen MR) is 131 cm³/mol. The van der Waals surface area contributed by atoms with Gasteiger partial charge in [0.15, 0.2) is 0 Å². The van der Waals surface area contributed by atoms with Crippen molar-refractivity contribution in [2.75, 3.05) is 51.6 Å². The predicted octanol–water partition coefficient (Wildman–Crippen LogP) is 2.98. The van der Waals surface area contributed by atoms with Gasteiger partial charge >= 0.3 is 0 Å². The van der Waals surface area contributed by atoms with Gasteiger partial charge in [0.05, 0.1) is 26.0 Å². The van der Waals surface area contributed by atoms with Gasteiger partial charge in [-0.3, -0.25) is 24.1 Å². The smallest absolute Gasteiger partial charge is 0.300 e. The van der Waals surface area contributed by atoms with Crippen molar-refractivity contribution in [1.82, 2.24) is 14.7 Å². The molecule has 0 radical (unpaired) electrons. The summed E-state index contributed by atoms with van der Waals surface area (Å²) in [5.74, 6) is -1.84. The summed E-state index contributed by atoms with van der Waals surface area (Å²) < 4.78 is 0.510. The van der Waals surface area contributed by atoms with Crippen LogP contribution in [-0.2, 0) is 4.79 Å². The highest BCUT2D eigenvalue weighted by Gasteiger charge is 2.37. The number of hydrogen-bond acceptors (Lipinski definition) is 7. The van der Waals surface area contributed by atoms with Gasteiger partial charge in [0.1, 0.15) is 0 Å². The Balaban J connectivity index is 0.000000751. The zero-order valence-electron chi connectivity index (χ0n) is 19.0. The van der Waals surface area contributed by atoms with E-state index in [9.17, 15) is 14.4 Å². The molecule has 0 unspecified atom stereocenters. The molecule has 0 bridgehead atoms. The molecule has 2 aromatic rings. The molecule has 0 atom stereocenters. The van der Waals surface area contributed by atoms with E-state index >= 15 is 0 Å². The minimum Gasteiger partial charge on any atom is -0.481 e. The maximum absolute atomic E-state index is 13.0. The largest absolute Gasteiger partial charge is 0.481 e. The number of halogens is 1. The van der Waals surface area contributed by atoms with Crippen LogP contribution in [0, 0.1) is 0 Å². The van der Waals surface area contributed by atoms with E-state index in [1.807, 2.05) is 0 Å². The van der Waals surface area contributed by atoms with Gasteiger partial charge in [-0.1, -0.05) is 17.7 Å². The molecule has 1 aromatic heterocycles. The zero-order valence-corrected chi connectivity index (χ0v) is 20.6. The van der Waals surface area contributed by atoms with Crippen LogP contribution in [0.25, 0.3) is 0 Å². The number of amides is 3. The summed E-state index contributed by atoms with van der Waals surface area (Å²) >= 11 is 7.06. The molecule has 1 saturated heterocycles. The second-order valence-corrected chi connectivity index (χ2v) is 9.78. The first kappa shape index (κ1) is 25.8. The lowest BCUT2D eigenvalue weighted by molar-refractivity contribution is -0.134. The van der Waals surface area contributed by atoms with Crippen LogP contribution in [0.2, 0.25) is 4.34 Å². The number of carbonyl (C=O) groups excluding carboxylic acids is 3. The number of hydrogen-bond donors (Lipinski definition) is 2. The Kier molecular flexibility index (Phi) is 8.78. The number of carboxylic acids is 1. The Labute approximate surface area is 206 Å². The third kappa shape index (κ3) is 6.41. The topological polar surface area (TPSA) is 110 Å². The van der Waals surface area contributed by atoms with E-state index in [1.165, 1.54) is 4.90 Å². The molecule has 1 fully saturated rings. The molecule has 3 amide bonds. The fourth-order valence-corrected chi connectivity index (χ4v) is 4.72. The highest BCUT2D eigenvalue weighted by molar-refractivity contribution is 7.18. The molecule has 182 valence electrons. The van der Waals surface area contributed by atoms with Crippen molar-refractivity contribution in [3.05, 3.63) is 50.7 Å². The second-order valence-electron chi connectivity index (χ2n) is 8.07. The van der Waals surface area contributed by atoms with E-state index in [0.717, 1.165) is 57.4 Å². The molecule has 0 saturated carbocycles. The minimum absolute atomic E-state index is 0.262. The normalized spacial score (nSPS) is 16.1. The molecule has 0 aliphatic carbocycles. The molecule has 1 aromatic carbocycles. The quantitative estimate of drug-likeness (QED) is 0.579. The highest BCUT2D eigenvalue weighted by atomic mass is 35.5. The average Bonchev–Trinajstić information content (AvgIpc) is 3.32. The van der Waals surface area contributed by atoms with Gasteiger partial charge in [-0.05, 0) is 44.3 Å². The van der Waals surface area contributed by atoms with Crippen LogP contribution >= 0.6 is 22.9 Å². The van der Waals surface area contributed by atoms with Crippen LogP contribution in [-0.4, -0.2) is 89.8 Å². The first-order chi connectivity index (χ1) is 16.2. The Morgan fingerprint density at radius 2 is 1.74 bits per heavy atom. The third-order valence-corrected chi connectivity index (χ3v) is 6.73. The summed E-state index contributed by atoms with van der Waals surface area (Å²) in [7, 11) is 2.11. The number of benzene rings is 1. The number of rotatable bonds is 6. The Bertz CT molecular complexity index is 1080. The first-order valence-corrected chi connectivity index (χ1v) is 12.0. The maximum atomic E-state index is 13.0. The van der Waals surface area contributed by atoms with Crippen molar-refractivity contribution in [2.45, 2.75) is 13.3 Å². The molecular formula is C23H27ClN4O5S. The molecule has 2 N–H and O–H groups in total. The van der Waals surface area contributed by atoms with Crippen molar-refractivity contribution in [3.63, 3.8) is 0 Å². The minimum atomic E-state index is -0.833. The van der Waals surface area contributed by atoms with E-state index in [1.54, 1.807) is 30.3 Å². The summed E-state index contributed by atoms with van der Waals surface area (Å²) in [5.41, 5.74) is 0.946. The van der Waals surface area contributed by atoms with E-state index in [2.05, 4.69) is 22.2 Å². The van der Waals surface area contributed by atoms with Crippen molar-refractivity contribution >= 4 is 52.3 Å². The van der Waals surface area contributed by atoms with Gasteiger partial charge in [-0.2, -0.15) is 0 Å². The Hall–Kier alpha value is -2.79. The lowest BCUT2D eigenvalue weighted by Crippen LogP contribution is -2.45. The van der Waals surface area contributed by atoms with Crippen LogP contribution in [0.3, 0.4) is 0 Å². The summed E-state index contributed by atoms with van der Waals surface area (Å²) in [6, 6.07) is 8.23. The number of likely N-dealkylation sites (N-methyl/N-ethyl adjacent to an activating group) is 1. The summed E-state index contributed by atoms with van der Waals surface area (Å²) in [6.45, 7) is 6.37. The molecular weight excluding hydrogens is 480 g/mol. The van der Waals surface area contributed by atoms with E-state index < -0.39 is 5.97 Å². The SMILES string of the molecule is CC(=O)O.CN1CCN(CCCN2C(=O)c3cccc(NC(=O)c4ccc(Cl)s4)c3C2=O)CC1. The highest BCUT2D eigenvalue weighted by Crippen LogP contribution is 2.30. The maximum Gasteiger partial charge on any atom is 0.300 e. The van der Waals surface area contributed by atoms with Crippen molar-refractivity contribution in [2.24, 2.45) is 0 Å². The Morgan fingerprint density at radius 3 is 2.35 bits per heavy atom. The van der Waals surface area contributed by atoms with Gasteiger partial charge in [0.2, 0.25) is 0 Å². The lowest BCUT2D eigenvalue weighted by Gasteiger charge is -2.32. The number of carboxylic acid groups (broad SMARTS) is 1. The van der Waals surface area contributed by atoms with Gasteiger partial charge in [-0.15, -0.1) is 11.3 Å². The number of thiophene rings is 1. The van der Waals surface area contributed by atoms with Crippen molar-refractivity contribution in [1.29, 1.82) is 0 Å². The van der Waals surface area contributed by atoms with E-state index in [4.69, 9.17) is 21.5 Å². The number of nitrogens with one attached hydrogen (secondary N) is 1. The van der Waals surface area contributed by atoms with Crippen LogP contribution in [0.15, 0.2) is 30.3 Å². The summed E-state index contributed by atoms with van der Waals surface area (Å²) in [6.07, 6.45) is 0.727. The van der Waals surface area contributed by atoms with Crippen LogP contribution < -0.4 is 5.32 Å². The number of piperazine rings is 1. The lowest BCUT2D eigenvalue weighted by atomic mass is 10.1. The monoisotopic (exact) mass is 506 g/mol. The summed E-state index contributed by atoms with van der Waals surface area (Å²) in [4.78, 5) is 53.7. The second kappa shape index (κ2) is 11.6. The zero-order chi connectivity index (χ0) is 24.8. The molecule has 2 aliphatic rings. The van der Waals surface area contributed by atoms with Gasteiger partial charge in [-0.25, -0.2) is 0 Å². The summed E-state index contributed by atoms with van der Waals surface area (Å²) in [5, 5.41) is 10.2. The fraction of sp³-hybridized carbons (Fsp3) is 0.391. The molecule has 4 rings (SSSR count). The van der Waals surface area contributed by atoms with Crippen LogP contribution in [0.5, 0.6) is 0 Å². The number of fused-ring (bicyclic) bond motifs is 1. The average molecular weight is 507 g/mol. The molecule has 11 heteroatoms.